The molecule has 23 heavy (non-hydrogen) atoms. The van der Waals surface area contributed by atoms with Crippen molar-refractivity contribution >= 4 is 41.1 Å². The summed E-state index contributed by atoms with van der Waals surface area (Å²) >= 11 is 0. The van der Waals surface area contributed by atoms with Crippen LogP contribution in [0.15, 0.2) is 0 Å². The molecule has 0 aliphatic heterocycles. The third kappa shape index (κ3) is 8.51. The zero-order valence-corrected chi connectivity index (χ0v) is 27.4. The van der Waals surface area contributed by atoms with Crippen LogP contribution in [0.3, 0.4) is 0 Å². The van der Waals surface area contributed by atoms with Crippen LogP contribution >= 0.6 is 0 Å². The summed E-state index contributed by atoms with van der Waals surface area (Å²) in [5.41, 5.74) is 0.942. The van der Waals surface area contributed by atoms with Gasteiger partial charge in [-0.3, -0.25) is 8.80 Å². The van der Waals surface area contributed by atoms with Crippen LogP contribution in [0.25, 0.3) is 0 Å². The van der Waals surface area contributed by atoms with Crippen molar-refractivity contribution in [2.24, 2.45) is 0 Å². The smallest absolute Gasteiger partial charge is 0.262 e. The molecule has 0 radical (unpaired) electrons. The van der Waals surface area contributed by atoms with Gasteiger partial charge in [0.25, 0.3) is 0 Å². The monoisotopic (exact) mass is 428 g/mol. The first kappa shape index (κ1) is 27.9. The summed E-state index contributed by atoms with van der Waals surface area (Å²) in [6, 6.07) is 0. The first-order valence-corrected chi connectivity index (χ1v) is 25.2. The Morgan fingerprint density at radius 1 is 0.478 bits per heavy atom. The molecule has 0 aromatic rings. The number of hydrogen-bond donors (Lipinski definition) is 0. The van der Waals surface area contributed by atoms with Gasteiger partial charge in [0.1, 0.15) is 0 Å². The van der Waals surface area contributed by atoms with Crippen LogP contribution < -0.4 is 51.4 Å². The first-order chi connectivity index (χ1) is 9.31. The van der Waals surface area contributed by atoms with Gasteiger partial charge < -0.3 is 0 Å². The molecule has 0 fully saturated rings. The van der Waals surface area contributed by atoms with Crippen LogP contribution in [0.1, 0.15) is 13.8 Å². The van der Waals surface area contributed by atoms with Gasteiger partial charge in [0.05, 0.1) is 0 Å². The molecule has 0 amide bonds. The van der Waals surface area contributed by atoms with Crippen molar-refractivity contribution in [3.8, 4) is 0 Å². The molecule has 0 aliphatic carbocycles. The Morgan fingerprint density at radius 3 is 0.739 bits per heavy atom. The molecule has 0 nitrogen and oxygen atoms in total. The van der Waals surface area contributed by atoms with Crippen LogP contribution in [0.4, 0.5) is 0 Å². The number of hydrogen-bond acceptors (Lipinski definition) is 0. The van der Waals surface area contributed by atoms with E-state index >= 15 is 0 Å². The zero-order chi connectivity index (χ0) is 18.3. The molecule has 0 aromatic carbocycles. The summed E-state index contributed by atoms with van der Waals surface area (Å²) < 4.78 is 0. The summed E-state index contributed by atoms with van der Waals surface area (Å²) in [6.07, 6.45) is 0. The maximum atomic E-state index is 2.68. The van der Waals surface area contributed by atoms with Crippen molar-refractivity contribution in [1.29, 1.82) is 0 Å². The van der Waals surface area contributed by atoms with Crippen LogP contribution in [-0.4, -0.2) is 41.1 Å². The fourth-order valence-corrected chi connectivity index (χ4v) is 51.9. The molecule has 0 spiro atoms. The van der Waals surface area contributed by atoms with Gasteiger partial charge in [-0.15, -0.1) is 0 Å². The topological polar surface area (TPSA) is 0 Å². The fourth-order valence-electron chi connectivity index (χ4n) is 5.43. The Morgan fingerprint density at radius 2 is 0.652 bits per heavy atom. The SMILES string of the molecule is CC(C)[Si-](C([Si](C)(C)C)[Si](C)(C)C)C([Si](C)(C)C)[Si](C)(C)C.[K+]. The van der Waals surface area contributed by atoms with E-state index in [0.717, 1.165) is 15.1 Å². The average molecular weight is 429 g/mol. The molecule has 6 heteroatoms. The van der Waals surface area contributed by atoms with Crippen LogP contribution in [-0.2, 0) is 0 Å². The van der Waals surface area contributed by atoms with E-state index in [1.165, 1.54) is 0 Å². The van der Waals surface area contributed by atoms with Gasteiger partial charge in [0.15, 0.2) is 0 Å². The predicted molar refractivity (Wildman–Crippen MR) is 122 cm³/mol. The van der Waals surface area contributed by atoms with Gasteiger partial charge in [-0.2, -0.15) is 15.1 Å². The van der Waals surface area contributed by atoms with E-state index in [9.17, 15) is 0 Å². The van der Waals surface area contributed by atoms with Crippen molar-refractivity contribution in [3.63, 3.8) is 0 Å². The van der Waals surface area contributed by atoms with Crippen LogP contribution in [0.2, 0.25) is 93.7 Å². The van der Waals surface area contributed by atoms with E-state index in [1.54, 1.807) is 0 Å². The Hall–Kier alpha value is 2.72. The van der Waals surface area contributed by atoms with E-state index in [0.29, 0.717) is 0 Å². The average Bonchev–Trinajstić information content (AvgIpc) is 2.06. The summed E-state index contributed by atoms with van der Waals surface area (Å²) in [5.74, 6) is 0. The van der Waals surface area contributed by atoms with Gasteiger partial charge in [0.2, 0.25) is 0 Å². The minimum atomic E-state index is -1.12. The molecule has 0 rings (SSSR count). The summed E-state index contributed by atoms with van der Waals surface area (Å²) in [6.45, 7) is 37.3. The molecule has 0 aliphatic rings. The van der Waals surface area contributed by atoms with Gasteiger partial charge in [-0.25, -0.2) is 0 Å². The molecule has 0 aromatic heterocycles. The molecule has 0 saturated heterocycles. The second-order valence-electron chi connectivity index (χ2n) is 12.0. The largest absolute Gasteiger partial charge is 1.00 e. The maximum Gasteiger partial charge on any atom is 1.00 e. The second kappa shape index (κ2) is 9.28. The molecular formula is C17H45KSi5. The zero-order valence-electron chi connectivity index (χ0n) is 19.2. The Labute approximate surface area is 197 Å². The quantitative estimate of drug-likeness (QED) is 0.534. The standard InChI is InChI=1S/C17H45Si5.K/c1-15(2)18(16(19(3,4)5)20(6,7)8)17(21(9,10)11)22(12,13)14;/h15-17H,1-14H3;/q-1;+1. The Balaban J connectivity index is 0. The second-order valence-corrected chi connectivity index (χ2v) is 40.0. The first-order valence-electron chi connectivity index (χ1n) is 9.18. The number of rotatable bonds is 7. The van der Waals surface area contributed by atoms with Crippen molar-refractivity contribution in [1.82, 2.24) is 0 Å². The molecule has 0 heterocycles. The third-order valence-electron chi connectivity index (χ3n) is 4.80. The van der Waals surface area contributed by atoms with Gasteiger partial charge in [0, 0.05) is 32.3 Å². The third-order valence-corrected chi connectivity index (χ3v) is 39.2. The van der Waals surface area contributed by atoms with E-state index in [1.807, 2.05) is 0 Å². The van der Waals surface area contributed by atoms with Crippen molar-refractivity contribution in [3.05, 3.63) is 0 Å². The van der Waals surface area contributed by atoms with Gasteiger partial charge >= 0.3 is 51.4 Å². The van der Waals surface area contributed by atoms with Gasteiger partial charge in [-0.1, -0.05) is 92.4 Å². The minimum absolute atomic E-state index is 0. The molecule has 0 atom stereocenters. The summed E-state index contributed by atoms with van der Waals surface area (Å²) in [7, 11) is -4.79. The molecule has 0 saturated carbocycles. The van der Waals surface area contributed by atoms with E-state index in [2.05, 4.69) is 92.4 Å². The van der Waals surface area contributed by atoms with Crippen LogP contribution in [0, 0.1) is 0 Å². The molecule has 0 N–H and O–H groups in total. The van der Waals surface area contributed by atoms with Crippen LogP contribution in [0.5, 0.6) is 0 Å². The molecule has 134 valence electrons. The predicted octanol–water partition coefficient (Wildman–Crippen LogP) is 4.15. The Kier molecular flexibility index (Phi) is 11.3. The van der Waals surface area contributed by atoms with Crippen molar-refractivity contribution in [2.45, 2.75) is 108 Å². The minimum Gasteiger partial charge on any atom is -0.262 e. The fraction of sp³-hybridized carbons (Fsp3) is 1.00. The molecule has 0 bridgehead atoms. The van der Waals surface area contributed by atoms with E-state index in [-0.39, 0.29) is 60.2 Å². The van der Waals surface area contributed by atoms with E-state index in [4.69, 9.17) is 0 Å². The summed E-state index contributed by atoms with van der Waals surface area (Å²) in [4.78, 5) is 2.29. The van der Waals surface area contributed by atoms with Gasteiger partial charge in [-0.05, 0) is 0 Å². The van der Waals surface area contributed by atoms with Crippen molar-refractivity contribution in [2.75, 3.05) is 0 Å². The van der Waals surface area contributed by atoms with Crippen molar-refractivity contribution < 1.29 is 51.4 Å². The molecule has 0 unspecified atom stereocenters. The molecular weight excluding hydrogens is 384 g/mol. The summed E-state index contributed by atoms with van der Waals surface area (Å²) in [5, 5.41) is 0. The normalized spacial score (nSPS) is 14.9. The Bertz CT molecular complexity index is 295. The maximum absolute atomic E-state index is 2.68. The van der Waals surface area contributed by atoms with E-state index < -0.39 is 32.3 Å².